The minimum atomic E-state index is -1.01. The summed E-state index contributed by atoms with van der Waals surface area (Å²) in [6, 6.07) is 5.19. The number of hydrogen-bond donors (Lipinski definition) is 9. The Labute approximate surface area is 210 Å². The predicted octanol–water partition coefficient (Wildman–Crippen LogP) is -0.149. The zero-order valence-electron chi connectivity index (χ0n) is 19.7. The first kappa shape index (κ1) is 28.7. The number of carbonyl (C=O) groups is 3. The van der Waals surface area contributed by atoms with Crippen molar-refractivity contribution in [2.24, 2.45) is 17.2 Å². The van der Waals surface area contributed by atoms with Gasteiger partial charge in [-0.2, -0.15) is 0 Å². The average molecular weight is 515 g/mol. The lowest BCUT2D eigenvalue weighted by Gasteiger charge is -2.04. The molecule has 0 aliphatic heterocycles. The number of aromatic amines is 3. The van der Waals surface area contributed by atoms with Crippen LogP contribution in [0, 0.1) is 0 Å². The molecule has 3 unspecified atom stereocenters. The number of fused-ring (bicyclic) bond motifs is 1. The van der Waals surface area contributed by atoms with Crippen LogP contribution < -0.4 is 17.2 Å². The van der Waals surface area contributed by atoms with Crippen molar-refractivity contribution in [3.8, 4) is 0 Å². The highest BCUT2D eigenvalue weighted by molar-refractivity contribution is 5.84. The van der Waals surface area contributed by atoms with Gasteiger partial charge in [0.25, 0.3) is 0 Å². The van der Waals surface area contributed by atoms with E-state index in [9.17, 15) is 14.4 Å². The highest BCUT2D eigenvalue weighted by Gasteiger charge is 2.15. The number of rotatable bonds is 9. The zero-order valence-corrected chi connectivity index (χ0v) is 19.7. The number of aromatic nitrogens is 5. The smallest absolute Gasteiger partial charge is 0.320 e. The van der Waals surface area contributed by atoms with E-state index in [1.54, 1.807) is 12.4 Å². The zero-order chi connectivity index (χ0) is 27.4. The van der Waals surface area contributed by atoms with E-state index in [4.69, 9.17) is 32.5 Å². The molecule has 4 aromatic rings. The molecule has 0 fully saturated rings. The van der Waals surface area contributed by atoms with Gasteiger partial charge in [0.2, 0.25) is 0 Å². The Balaban J connectivity index is 0.000000199. The molecule has 0 bridgehead atoms. The number of nitrogens with two attached hydrogens (primary N) is 3. The normalized spacial score (nSPS) is 12.8. The molecule has 0 saturated carbocycles. The van der Waals surface area contributed by atoms with Gasteiger partial charge in [0.05, 0.1) is 24.0 Å². The van der Waals surface area contributed by atoms with Crippen LogP contribution in [-0.2, 0) is 33.6 Å². The molecule has 1 aromatic carbocycles. The monoisotopic (exact) mass is 514 g/mol. The van der Waals surface area contributed by atoms with Gasteiger partial charge < -0.3 is 47.5 Å². The Bertz CT molecular complexity index is 1200. The first-order chi connectivity index (χ1) is 17.6. The van der Waals surface area contributed by atoms with Crippen molar-refractivity contribution in [3.63, 3.8) is 0 Å². The van der Waals surface area contributed by atoms with Crippen LogP contribution in [0.5, 0.6) is 0 Å². The SMILES string of the molecule is NC(Cc1c[nH]c2ccccc12)C(=O)O.NC(Cc1c[nH]cn1)C(=O)O.NC(Cc1c[nH]cn1)C(=O)O. The molecule has 0 saturated heterocycles. The summed E-state index contributed by atoms with van der Waals surface area (Å²) in [5, 5.41) is 26.6. The Hall–Kier alpha value is -4.53. The molecule has 0 aliphatic rings. The summed E-state index contributed by atoms with van der Waals surface area (Å²) in [6.07, 6.45) is 8.92. The van der Waals surface area contributed by atoms with Crippen LogP contribution in [0.1, 0.15) is 17.0 Å². The van der Waals surface area contributed by atoms with Gasteiger partial charge in [-0.05, 0) is 11.6 Å². The highest BCUT2D eigenvalue weighted by Crippen LogP contribution is 2.18. The summed E-state index contributed by atoms with van der Waals surface area (Å²) in [4.78, 5) is 47.3. The molecule has 3 aromatic heterocycles. The molecule has 3 atom stereocenters. The number of aliphatic carboxylic acids is 3. The Kier molecular flexibility index (Phi) is 11.0. The Morgan fingerprint density at radius 2 is 1.19 bits per heavy atom. The quantitative estimate of drug-likeness (QED) is 0.142. The van der Waals surface area contributed by atoms with Crippen LogP contribution in [0.15, 0.2) is 55.5 Å². The van der Waals surface area contributed by atoms with E-state index >= 15 is 0 Å². The second-order valence-electron chi connectivity index (χ2n) is 7.93. The lowest BCUT2D eigenvalue weighted by atomic mass is 10.1. The second-order valence-corrected chi connectivity index (χ2v) is 7.93. The number of H-pyrrole nitrogens is 3. The van der Waals surface area contributed by atoms with Gasteiger partial charge in [0.15, 0.2) is 0 Å². The lowest BCUT2D eigenvalue weighted by Crippen LogP contribution is -2.32. The highest BCUT2D eigenvalue weighted by atomic mass is 16.4. The number of benzene rings is 1. The first-order valence-corrected chi connectivity index (χ1v) is 11.0. The topological polar surface area (TPSA) is 263 Å². The van der Waals surface area contributed by atoms with E-state index in [1.165, 1.54) is 12.7 Å². The van der Waals surface area contributed by atoms with Gasteiger partial charge in [-0.1, -0.05) is 18.2 Å². The number of para-hydroxylation sites is 1. The summed E-state index contributed by atoms with van der Waals surface area (Å²) in [7, 11) is 0. The molecule has 37 heavy (non-hydrogen) atoms. The van der Waals surface area contributed by atoms with Crippen molar-refractivity contribution in [2.75, 3.05) is 0 Å². The summed E-state index contributed by atoms with van der Waals surface area (Å²) in [5.74, 6) is -2.98. The summed E-state index contributed by atoms with van der Waals surface area (Å²) < 4.78 is 0. The van der Waals surface area contributed by atoms with E-state index in [2.05, 4.69) is 24.9 Å². The Morgan fingerprint density at radius 3 is 1.62 bits per heavy atom. The van der Waals surface area contributed by atoms with Crippen molar-refractivity contribution in [2.45, 2.75) is 37.4 Å². The van der Waals surface area contributed by atoms with Gasteiger partial charge in [-0.25, -0.2) is 9.97 Å². The molecule has 0 amide bonds. The number of carboxylic acids is 3. The van der Waals surface area contributed by atoms with Crippen LogP contribution in [0.3, 0.4) is 0 Å². The van der Waals surface area contributed by atoms with Crippen molar-refractivity contribution in [1.29, 1.82) is 0 Å². The number of nitrogens with zero attached hydrogens (tertiary/aromatic N) is 2. The maximum absolute atomic E-state index is 10.6. The fourth-order valence-corrected chi connectivity index (χ4v) is 3.06. The summed E-state index contributed by atoms with van der Waals surface area (Å²) in [5.41, 5.74) is 19.3. The maximum atomic E-state index is 10.6. The van der Waals surface area contributed by atoms with Gasteiger partial charge >= 0.3 is 17.9 Å². The second kappa shape index (κ2) is 14.1. The van der Waals surface area contributed by atoms with E-state index < -0.39 is 36.0 Å². The molecule has 198 valence electrons. The molecular formula is C23H30N8O6. The van der Waals surface area contributed by atoms with Crippen LogP contribution in [0.25, 0.3) is 10.9 Å². The molecule has 0 aliphatic carbocycles. The minimum Gasteiger partial charge on any atom is -0.480 e. The van der Waals surface area contributed by atoms with Crippen molar-refractivity contribution in [1.82, 2.24) is 24.9 Å². The third kappa shape index (κ3) is 9.56. The molecular weight excluding hydrogens is 484 g/mol. The fourth-order valence-electron chi connectivity index (χ4n) is 3.06. The standard InChI is InChI=1S/C11H12N2O2.2C6H9N3O2/c12-9(11(14)15)5-7-6-13-10-4-2-1-3-8(7)10;2*7-5(6(10)11)1-4-2-8-3-9-4/h1-4,6,9,13H,5,12H2,(H,14,15);2*2-3,5H,1,7H2,(H,8,9)(H,10,11). The minimum absolute atomic E-state index is 0.263. The molecule has 14 nitrogen and oxygen atoms in total. The van der Waals surface area contributed by atoms with Gasteiger partial charge in [-0.15, -0.1) is 0 Å². The maximum Gasteiger partial charge on any atom is 0.320 e. The van der Waals surface area contributed by atoms with E-state index in [1.807, 2.05) is 30.5 Å². The first-order valence-electron chi connectivity index (χ1n) is 11.0. The van der Waals surface area contributed by atoms with Crippen molar-refractivity contribution in [3.05, 3.63) is 72.5 Å². The predicted molar refractivity (Wildman–Crippen MR) is 133 cm³/mol. The number of hydrogen-bond acceptors (Lipinski definition) is 8. The molecule has 14 heteroatoms. The Morgan fingerprint density at radius 1 is 0.730 bits per heavy atom. The lowest BCUT2D eigenvalue weighted by molar-refractivity contribution is -0.139. The van der Waals surface area contributed by atoms with Gasteiger partial charge in [0.1, 0.15) is 18.1 Å². The van der Waals surface area contributed by atoms with E-state index in [-0.39, 0.29) is 12.8 Å². The molecule has 3 heterocycles. The summed E-state index contributed by atoms with van der Waals surface area (Å²) in [6.45, 7) is 0. The average Bonchev–Trinajstić information content (AvgIpc) is 3.63. The van der Waals surface area contributed by atoms with E-state index in [0.717, 1.165) is 16.5 Å². The molecule has 0 spiro atoms. The van der Waals surface area contributed by atoms with Gasteiger partial charge in [-0.3, -0.25) is 14.4 Å². The van der Waals surface area contributed by atoms with Crippen molar-refractivity contribution < 1.29 is 29.7 Å². The summed E-state index contributed by atoms with van der Waals surface area (Å²) >= 11 is 0. The number of carboxylic acid groups (broad SMARTS) is 3. The van der Waals surface area contributed by atoms with E-state index in [0.29, 0.717) is 17.8 Å². The molecule has 0 radical (unpaired) electrons. The van der Waals surface area contributed by atoms with Crippen molar-refractivity contribution >= 4 is 28.8 Å². The number of imidazole rings is 2. The van der Waals surface area contributed by atoms with Crippen LogP contribution in [0.2, 0.25) is 0 Å². The van der Waals surface area contributed by atoms with Crippen LogP contribution in [0.4, 0.5) is 0 Å². The van der Waals surface area contributed by atoms with Gasteiger partial charge in [0, 0.05) is 48.8 Å². The fraction of sp³-hybridized carbons (Fsp3) is 0.261. The molecule has 4 rings (SSSR count). The largest absolute Gasteiger partial charge is 0.480 e. The molecule has 12 N–H and O–H groups in total. The van der Waals surface area contributed by atoms with Crippen LogP contribution >= 0.6 is 0 Å². The van der Waals surface area contributed by atoms with Crippen LogP contribution in [-0.4, -0.2) is 76.3 Å². The third-order valence-electron chi connectivity index (χ3n) is 5.03. The third-order valence-corrected chi connectivity index (χ3v) is 5.03. The number of nitrogens with one attached hydrogen (secondary N) is 3.